The summed E-state index contributed by atoms with van der Waals surface area (Å²) < 4.78 is 30.0. The Morgan fingerprint density at radius 1 is 1.14 bits per heavy atom. The third-order valence-corrected chi connectivity index (χ3v) is 5.28. The SMILES string of the molecule is Cc1ccc(S(=O)(=O)C[C@H](C)N[C@@H](C)c2ccco2)cc1. The molecule has 0 bridgehead atoms. The van der Waals surface area contributed by atoms with E-state index >= 15 is 0 Å². The molecule has 1 heterocycles. The fourth-order valence-corrected chi connectivity index (χ4v) is 3.76. The molecular weight excluding hydrogens is 286 g/mol. The largest absolute Gasteiger partial charge is 0.468 e. The molecule has 21 heavy (non-hydrogen) atoms. The molecule has 0 radical (unpaired) electrons. The minimum absolute atomic E-state index is 0.0248. The third kappa shape index (κ3) is 4.19. The van der Waals surface area contributed by atoms with Crippen molar-refractivity contribution in [2.45, 2.75) is 37.8 Å². The lowest BCUT2D eigenvalue weighted by atomic mass is 10.2. The third-order valence-electron chi connectivity index (χ3n) is 3.35. The quantitative estimate of drug-likeness (QED) is 0.891. The van der Waals surface area contributed by atoms with E-state index in [1.54, 1.807) is 18.4 Å². The topological polar surface area (TPSA) is 59.3 Å². The Morgan fingerprint density at radius 2 is 1.81 bits per heavy atom. The van der Waals surface area contributed by atoms with Crippen LogP contribution >= 0.6 is 0 Å². The second kappa shape index (κ2) is 6.45. The standard InChI is InChI=1S/C16H21NO3S/c1-12-6-8-15(9-7-12)21(18,19)11-13(2)17-14(3)16-5-4-10-20-16/h4-10,13-14,17H,11H2,1-3H3/t13-,14-/m0/s1. The van der Waals surface area contributed by atoms with Gasteiger partial charge in [-0.15, -0.1) is 0 Å². The van der Waals surface area contributed by atoms with Crippen molar-refractivity contribution < 1.29 is 12.8 Å². The maximum Gasteiger partial charge on any atom is 0.179 e. The van der Waals surface area contributed by atoms with Crippen LogP contribution in [0.15, 0.2) is 52.0 Å². The van der Waals surface area contributed by atoms with Gasteiger partial charge >= 0.3 is 0 Å². The first-order chi connectivity index (χ1) is 9.88. The van der Waals surface area contributed by atoms with E-state index in [2.05, 4.69) is 5.32 Å². The van der Waals surface area contributed by atoms with Gasteiger partial charge in [-0.2, -0.15) is 0 Å². The molecule has 0 amide bonds. The van der Waals surface area contributed by atoms with Crippen LogP contribution < -0.4 is 5.32 Å². The number of hydrogen-bond acceptors (Lipinski definition) is 4. The molecule has 1 aromatic heterocycles. The van der Waals surface area contributed by atoms with Gasteiger partial charge in [0.2, 0.25) is 0 Å². The van der Waals surface area contributed by atoms with Crippen molar-refractivity contribution in [3.05, 3.63) is 54.0 Å². The van der Waals surface area contributed by atoms with Crippen LogP contribution in [0.25, 0.3) is 0 Å². The van der Waals surface area contributed by atoms with E-state index in [1.807, 2.05) is 45.0 Å². The molecule has 2 atom stereocenters. The molecule has 0 spiro atoms. The monoisotopic (exact) mass is 307 g/mol. The summed E-state index contributed by atoms with van der Waals surface area (Å²) in [6.07, 6.45) is 1.61. The zero-order valence-corrected chi connectivity index (χ0v) is 13.4. The van der Waals surface area contributed by atoms with Crippen LogP contribution in [0.5, 0.6) is 0 Å². The molecule has 4 nitrogen and oxygen atoms in total. The van der Waals surface area contributed by atoms with Crippen LogP contribution in [0, 0.1) is 6.92 Å². The van der Waals surface area contributed by atoms with Crippen LogP contribution in [-0.2, 0) is 9.84 Å². The van der Waals surface area contributed by atoms with Gasteiger partial charge in [-0.05, 0) is 45.0 Å². The Labute approximate surface area is 126 Å². The lowest BCUT2D eigenvalue weighted by Gasteiger charge is -2.18. The normalized spacial score (nSPS) is 14.8. The Morgan fingerprint density at radius 3 is 2.38 bits per heavy atom. The van der Waals surface area contributed by atoms with Gasteiger partial charge in [-0.25, -0.2) is 8.42 Å². The molecule has 0 aliphatic carbocycles. The fourth-order valence-electron chi connectivity index (χ4n) is 2.27. The number of benzene rings is 1. The van der Waals surface area contributed by atoms with Crippen molar-refractivity contribution in [1.82, 2.24) is 5.32 Å². The summed E-state index contributed by atoms with van der Waals surface area (Å²) in [6, 6.07) is 10.5. The summed E-state index contributed by atoms with van der Waals surface area (Å²) in [5, 5.41) is 3.25. The lowest BCUT2D eigenvalue weighted by Crippen LogP contribution is -2.34. The van der Waals surface area contributed by atoms with E-state index in [0.717, 1.165) is 11.3 Å². The van der Waals surface area contributed by atoms with Gasteiger partial charge in [0.25, 0.3) is 0 Å². The Bertz CT molecular complexity index is 660. The van der Waals surface area contributed by atoms with Gasteiger partial charge < -0.3 is 9.73 Å². The predicted molar refractivity (Wildman–Crippen MR) is 83.0 cm³/mol. The highest BCUT2D eigenvalue weighted by Crippen LogP contribution is 2.16. The van der Waals surface area contributed by atoms with E-state index in [9.17, 15) is 8.42 Å². The average Bonchev–Trinajstić information content (AvgIpc) is 2.92. The first-order valence-corrected chi connectivity index (χ1v) is 8.62. The van der Waals surface area contributed by atoms with Crippen molar-refractivity contribution >= 4 is 9.84 Å². The van der Waals surface area contributed by atoms with Gasteiger partial charge in [-0.1, -0.05) is 17.7 Å². The predicted octanol–water partition coefficient (Wildman–Crippen LogP) is 3.10. The highest BCUT2D eigenvalue weighted by molar-refractivity contribution is 7.91. The molecule has 0 saturated heterocycles. The van der Waals surface area contributed by atoms with Crippen molar-refractivity contribution in [3.63, 3.8) is 0 Å². The summed E-state index contributed by atoms with van der Waals surface area (Å²) in [5.74, 6) is 0.857. The molecule has 0 aliphatic rings. The molecule has 2 aromatic rings. The summed E-state index contributed by atoms with van der Waals surface area (Å²) in [6.45, 7) is 5.75. The molecule has 1 aromatic carbocycles. The molecular formula is C16H21NO3S. The summed E-state index contributed by atoms with van der Waals surface area (Å²) >= 11 is 0. The molecule has 2 rings (SSSR count). The molecule has 0 fully saturated rings. The van der Waals surface area contributed by atoms with Gasteiger partial charge in [0.15, 0.2) is 9.84 Å². The minimum atomic E-state index is -3.28. The second-order valence-corrected chi connectivity index (χ2v) is 7.43. The Hall–Kier alpha value is -1.59. The highest BCUT2D eigenvalue weighted by atomic mass is 32.2. The zero-order chi connectivity index (χ0) is 15.5. The van der Waals surface area contributed by atoms with Gasteiger partial charge in [0, 0.05) is 6.04 Å². The zero-order valence-electron chi connectivity index (χ0n) is 12.5. The van der Waals surface area contributed by atoms with Crippen molar-refractivity contribution in [2.75, 3.05) is 5.75 Å². The average molecular weight is 307 g/mol. The molecule has 0 unspecified atom stereocenters. The maximum atomic E-state index is 12.4. The number of nitrogens with one attached hydrogen (secondary N) is 1. The first-order valence-electron chi connectivity index (χ1n) is 6.97. The van der Waals surface area contributed by atoms with Gasteiger partial charge in [0.05, 0.1) is 23.0 Å². The number of sulfone groups is 1. The molecule has 114 valence electrons. The Balaban J connectivity index is 2.01. The number of hydrogen-bond donors (Lipinski definition) is 1. The molecule has 5 heteroatoms. The summed E-state index contributed by atoms with van der Waals surface area (Å²) in [7, 11) is -3.28. The van der Waals surface area contributed by atoms with Crippen LogP contribution in [-0.4, -0.2) is 20.2 Å². The lowest BCUT2D eigenvalue weighted by molar-refractivity contribution is 0.408. The first kappa shape index (κ1) is 15.8. The van der Waals surface area contributed by atoms with Crippen LogP contribution in [0.1, 0.15) is 31.2 Å². The van der Waals surface area contributed by atoms with E-state index in [4.69, 9.17) is 4.42 Å². The van der Waals surface area contributed by atoms with Crippen molar-refractivity contribution in [2.24, 2.45) is 0 Å². The minimum Gasteiger partial charge on any atom is -0.468 e. The van der Waals surface area contributed by atoms with Crippen molar-refractivity contribution in [1.29, 1.82) is 0 Å². The van der Waals surface area contributed by atoms with E-state index in [0.29, 0.717) is 4.90 Å². The Kier molecular flexibility index (Phi) is 4.85. The summed E-state index contributed by atoms with van der Waals surface area (Å²) in [4.78, 5) is 0.368. The van der Waals surface area contributed by atoms with E-state index in [-0.39, 0.29) is 17.8 Å². The molecule has 0 aliphatic heterocycles. The van der Waals surface area contributed by atoms with E-state index in [1.165, 1.54) is 0 Å². The van der Waals surface area contributed by atoms with Crippen LogP contribution in [0.3, 0.4) is 0 Å². The van der Waals surface area contributed by atoms with E-state index < -0.39 is 9.84 Å². The van der Waals surface area contributed by atoms with Crippen LogP contribution in [0.4, 0.5) is 0 Å². The molecule has 1 N–H and O–H groups in total. The number of rotatable bonds is 6. The van der Waals surface area contributed by atoms with Crippen LogP contribution in [0.2, 0.25) is 0 Å². The highest BCUT2D eigenvalue weighted by Gasteiger charge is 2.20. The fraction of sp³-hybridized carbons (Fsp3) is 0.375. The number of aryl methyl sites for hydroxylation is 1. The summed E-state index contributed by atoms with van der Waals surface area (Å²) in [5.41, 5.74) is 1.05. The molecule has 0 saturated carbocycles. The van der Waals surface area contributed by atoms with Crippen molar-refractivity contribution in [3.8, 4) is 0 Å². The maximum absolute atomic E-state index is 12.4. The smallest absolute Gasteiger partial charge is 0.179 e. The van der Waals surface area contributed by atoms with Gasteiger partial charge in [-0.3, -0.25) is 0 Å². The number of furan rings is 1. The van der Waals surface area contributed by atoms with Gasteiger partial charge in [0.1, 0.15) is 5.76 Å². The second-order valence-electron chi connectivity index (χ2n) is 5.40.